The van der Waals surface area contributed by atoms with E-state index in [9.17, 15) is 23.1 Å². The topological polar surface area (TPSA) is 59.4 Å². The second-order valence-electron chi connectivity index (χ2n) is 7.23. The molecule has 0 bridgehead atoms. The highest BCUT2D eigenvalue weighted by Gasteiger charge is 2.31. The third kappa shape index (κ3) is 4.34. The van der Waals surface area contributed by atoms with Crippen LogP contribution in [0.4, 0.5) is 13.2 Å². The van der Waals surface area contributed by atoms with Crippen LogP contribution in [-0.4, -0.2) is 22.7 Å². The molecule has 0 unspecified atom stereocenters. The van der Waals surface area contributed by atoms with Gasteiger partial charge in [0.05, 0.1) is 28.9 Å². The van der Waals surface area contributed by atoms with Gasteiger partial charge in [0.2, 0.25) is 0 Å². The number of aromatic carboxylic acids is 1. The van der Waals surface area contributed by atoms with Crippen LogP contribution < -0.4 is 4.74 Å². The second kappa shape index (κ2) is 7.73. The number of benzene rings is 2. The summed E-state index contributed by atoms with van der Waals surface area (Å²) in [6, 6.07) is 9.61. The number of aromatic nitrogens is 1. The lowest BCUT2D eigenvalue weighted by Gasteiger charge is -2.15. The fraction of sp³-hybridized carbons (Fsp3) is 0.273. The van der Waals surface area contributed by atoms with Gasteiger partial charge < -0.3 is 9.84 Å². The van der Waals surface area contributed by atoms with Crippen LogP contribution in [0.15, 0.2) is 42.5 Å². The van der Waals surface area contributed by atoms with Crippen molar-refractivity contribution in [3.05, 3.63) is 59.2 Å². The summed E-state index contributed by atoms with van der Waals surface area (Å²) in [5.41, 5.74) is 0.249. The summed E-state index contributed by atoms with van der Waals surface area (Å²) in [5.74, 6) is -0.347. The third-order valence-corrected chi connectivity index (χ3v) is 4.46. The normalized spacial score (nSPS) is 11.8. The minimum absolute atomic E-state index is 0.0119. The van der Waals surface area contributed by atoms with Gasteiger partial charge >= 0.3 is 12.1 Å². The van der Waals surface area contributed by atoms with Gasteiger partial charge in [-0.15, -0.1) is 0 Å². The highest BCUT2D eigenvalue weighted by atomic mass is 19.4. The molecule has 2 aromatic carbocycles. The van der Waals surface area contributed by atoms with Crippen LogP contribution in [0, 0.1) is 12.8 Å². The van der Waals surface area contributed by atoms with Gasteiger partial charge in [-0.1, -0.05) is 26.0 Å². The summed E-state index contributed by atoms with van der Waals surface area (Å²) in [5, 5.41) is 10.1. The van der Waals surface area contributed by atoms with Gasteiger partial charge in [0.1, 0.15) is 5.75 Å². The molecule has 3 rings (SSSR count). The number of nitrogens with zero attached hydrogens (tertiary/aromatic N) is 1. The van der Waals surface area contributed by atoms with Crippen LogP contribution in [-0.2, 0) is 6.18 Å². The zero-order valence-corrected chi connectivity index (χ0v) is 16.2. The molecule has 1 heterocycles. The Kier molecular flexibility index (Phi) is 5.50. The summed E-state index contributed by atoms with van der Waals surface area (Å²) >= 11 is 0. The first kappa shape index (κ1) is 20.6. The number of alkyl halides is 3. The predicted molar refractivity (Wildman–Crippen MR) is 104 cm³/mol. The zero-order valence-electron chi connectivity index (χ0n) is 16.2. The molecule has 0 saturated carbocycles. The lowest BCUT2D eigenvalue weighted by Crippen LogP contribution is -2.08. The highest BCUT2D eigenvalue weighted by molar-refractivity contribution is 6.05. The van der Waals surface area contributed by atoms with E-state index < -0.39 is 17.7 Å². The lowest BCUT2D eigenvalue weighted by molar-refractivity contribution is -0.137. The molecule has 0 radical (unpaired) electrons. The number of pyridine rings is 1. The molecule has 4 nitrogen and oxygen atoms in total. The van der Waals surface area contributed by atoms with Crippen LogP contribution in [0.1, 0.15) is 35.3 Å². The molecule has 3 aromatic rings. The third-order valence-electron chi connectivity index (χ3n) is 4.46. The maximum Gasteiger partial charge on any atom is 0.416 e. The van der Waals surface area contributed by atoms with E-state index in [1.807, 2.05) is 13.8 Å². The van der Waals surface area contributed by atoms with Gasteiger partial charge in [0, 0.05) is 17.0 Å². The van der Waals surface area contributed by atoms with E-state index in [4.69, 9.17) is 4.74 Å². The van der Waals surface area contributed by atoms with Crippen molar-refractivity contribution in [2.75, 3.05) is 6.61 Å². The second-order valence-corrected chi connectivity index (χ2v) is 7.23. The van der Waals surface area contributed by atoms with Crippen molar-refractivity contribution in [3.63, 3.8) is 0 Å². The van der Waals surface area contributed by atoms with E-state index in [1.165, 1.54) is 12.1 Å². The summed E-state index contributed by atoms with van der Waals surface area (Å²) in [7, 11) is 0. The fourth-order valence-corrected chi connectivity index (χ4v) is 3.09. The lowest BCUT2D eigenvalue weighted by atomic mass is 9.97. The Labute approximate surface area is 166 Å². The monoisotopic (exact) mass is 403 g/mol. The van der Waals surface area contributed by atoms with Gasteiger partial charge in [-0.05, 0) is 42.7 Å². The standard InChI is InChI=1S/C22H20F3NO3/c1-12(2)11-29-16-7-8-17-18(10-16)26-20(13(3)19(17)21(27)28)14-5-4-6-15(9-14)22(23,24)25/h4-10,12H,11H2,1-3H3,(H,27,28). The summed E-state index contributed by atoms with van der Waals surface area (Å²) in [6.07, 6.45) is -4.51. The maximum absolute atomic E-state index is 13.1. The fourth-order valence-electron chi connectivity index (χ4n) is 3.09. The molecule has 0 aliphatic heterocycles. The molecule has 152 valence electrons. The molecule has 1 aromatic heterocycles. The van der Waals surface area contributed by atoms with Crippen LogP contribution in [0.3, 0.4) is 0 Å². The zero-order chi connectivity index (χ0) is 21.3. The largest absolute Gasteiger partial charge is 0.493 e. The minimum atomic E-state index is -4.51. The van der Waals surface area contributed by atoms with E-state index in [-0.39, 0.29) is 16.8 Å². The number of ether oxygens (including phenoxy) is 1. The summed E-state index contributed by atoms with van der Waals surface area (Å²) in [4.78, 5) is 16.4. The van der Waals surface area contributed by atoms with Crippen molar-refractivity contribution in [1.82, 2.24) is 4.98 Å². The van der Waals surface area contributed by atoms with Crippen molar-refractivity contribution in [2.45, 2.75) is 26.9 Å². The molecule has 0 aliphatic rings. The smallest absolute Gasteiger partial charge is 0.416 e. The Morgan fingerprint density at radius 2 is 1.90 bits per heavy atom. The number of hydrogen-bond acceptors (Lipinski definition) is 3. The predicted octanol–water partition coefficient (Wildman–Crippen LogP) is 5.96. The maximum atomic E-state index is 13.1. The minimum Gasteiger partial charge on any atom is -0.493 e. The average molecular weight is 403 g/mol. The Bertz CT molecular complexity index is 1070. The van der Waals surface area contributed by atoms with Gasteiger partial charge in [-0.3, -0.25) is 0 Å². The van der Waals surface area contributed by atoms with Crippen molar-refractivity contribution < 1.29 is 27.8 Å². The van der Waals surface area contributed by atoms with Crippen LogP contribution in [0.5, 0.6) is 5.75 Å². The van der Waals surface area contributed by atoms with Crippen molar-refractivity contribution in [3.8, 4) is 17.0 Å². The average Bonchev–Trinajstić information content (AvgIpc) is 2.65. The number of carboxylic acids is 1. The van der Waals surface area contributed by atoms with Crippen LogP contribution in [0.2, 0.25) is 0 Å². The summed E-state index contributed by atoms with van der Waals surface area (Å²) < 4.78 is 45.0. The Morgan fingerprint density at radius 1 is 1.17 bits per heavy atom. The molecule has 29 heavy (non-hydrogen) atoms. The van der Waals surface area contributed by atoms with Gasteiger partial charge in [-0.25, -0.2) is 9.78 Å². The van der Waals surface area contributed by atoms with Crippen molar-refractivity contribution in [2.24, 2.45) is 5.92 Å². The van der Waals surface area contributed by atoms with Gasteiger partial charge in [0.25, 0.3) is 0 Å². The SMILES string of the molecule is Cc1c(-c2cccc(C(F)(F)F)c2)nc2cc(OCC(C)C)ccc2c1C(=O)O. The van der Waals surface area contributed by atoms with Crippen LogP contribution in [0.25, 0.3) is 22.2 Å². The van der Waals surface area contributed by atoms with E-state index in [0.29, 0.717) is 34.7 Å². The molecule has 0 amide bonds. The number of hydrogen-bond donors (Lipinski definition) is 1. The molecule has 1 N–H and O–H groups in total. The first-order valence-electron chi connectivity index (χ1n) is 9.06. The number of fused-ring (bicyclic) bond motifs is 1. The molecule has 0 saturated heterocycles. The highest BCUT2D eigenvalue weighted by Crippen LogP contribution is 2.35. The molecule has 0 spiro atoms. The van der Waals surface area contributed by atoms with E-state index >= 15 is 0 Å². The Morgan fingerprint density at radius 3 is 2.52 bits per heavy atom. The first-order valence-corrected chi connectivity index (χ1v) is 9.06. The Hall–Kier alpha value is -3.09. The molecular weight excluding hydrogens is 383 g/mol. The van der Waals surface area contributed by atoms with Crippen molar-refractivity contribution >= 4 is 16.9 Å². The van der Waals surface area contributed by atoms with E-state index in [1.54, 1.807) is 25.1 Å². The number of carboxylic acid groups (broad SMARTS) is 1. The van der Waals surface area contributed by atoms with Gasteiger partial charge in [-0.2, -0.15) is 13.2 Å². The quantitative estimate of drug-likeness (QED) is 0.571. The van der Waals surface area contributed by atoms with Crippen LogP contribution >= 0.6 is 0 Å². The number of halogens is 3. The first-order chi connectivity index (χ1) is 13.6. The number of carbonyl (C=O) groups is 1. The molecule has 7 heteroatoms. The van der Waals surface area contributed by atoms with E-state index in [0.717, 1.165) is 12.1 Å². The van der Waals surface area contributed by atoms with Crippen molar-refractivity contribution in [1.29, 1.82) is 0 Å². The van der Waals surface area contributed by atoms with E-state index in [2.05, 4.69) is 4.98 Å². The summed E-state index contributed by atoms with van der Waals surface area (Å²) in [6.45, 7) is 6.02. The number of rotatable bonds is 5. The molecular formula is C22H20F3NO3. The molecule has 0 aliphatic carbocycles. The molecule has 0 atom stereocenters. The van der Waals surface area contributed by atoms with Gasteiger partial charge in [0.15, 0.2) is 0 Å². The molecule has 0 fully saturated rings. The Balaban J connectivity index is 2.21.